The highest BCUT2D eigenvalue weighted by Crippen LogP contribution is 2.58. The van der Waals surface area contributed by atoms with Gasteiger partial charge in [0.25, 0.3) is 5.91 Å². The molecule has 0 unspecified atom stereocenters. The summed E-state index contributed by atoms with van der Waals surface area (Å²) >= 11 is 0. The number of benzene rings is 3. The molecule has 51 heavy (non-hydrogen) atoms. The fourth-order valence-electron chi connectivity index (χ4n) is 9.02. The summed E-state index contributed by atoms with van der Waals surface area (Å²) in [4.78, 5) is 33.9. The van der Waals surface area contributed by atoms with Crippen molar-refractivity contribution in [3.8, 4) is 40.6 Å². The largest absolute Gasteiger partial charge is 0.504 e. The van der Waals surface area contributed by atoms with Gasteiger partial charge in [0, 0.05) is 69.0 Å². The third kappa shape index (κ3) is 4.88. The van der Waals surface area contributed by atoms with E-state index >= 15 is 0 Å². The van der Waals surface area contributed by atoms with Crippen LogP contribution in [-0.2, 0) is 12.8 Å². The molecule has 1 amide bonds. The van der Waals surface area contributed by atoms with Crippen molar-refractivity contribution in [2.24, 2.45) is 0 Å². The van der Waals surface area contributed by atoms with Gasteiger partial charge < -0.3 is 39.5 Å². The molecule has 0 aliphatic carbocycles. The van der Waals surface area contributed by atoms with Gasteiger partial charge in [0.1, 0.15) is 23.2 Å². The predicted molar refractivity (Wildman–Crippen MR) is 188 cm³/mol. The van der Waals surface area contributed by atoms with Gasteiger partial charge in [-0.1, -0.05) is 12.1 Å². The number of fused-ring (bicyclic) bond motifs is 8. The molecule has 1 fully saturated rings. The van der Waals surface area contributed by atoms with Crippen LogP contribution in [0.4, 0.5) is 0 Å². The lowest BCUT2D eigenvalue weighted by atomic mass is 9.71. The normalized spacial score (nSPS) is 22.3. The zero-order valence-electron chi connectivity index (χ0n) is 29.6. The van der Waals surface area contributed by atoms with Crippen molar-refractivity contribution in [2.75, 3.05) is 42.0 Å². The second kappa shape index (κ2) is 12.7. The summed E-state index contributed by atoms with van der Waals surface area (Å²) in [5.74, 6) is 1.04. The van der Waals surface area contributed by atoms with Gasteiger partial charge in [0.2, 0.25) is 0 Å². The molecule has 3 aromatic carbocycles. The zero-order valence-corrected chi connectivity index (χ0v) is 29.6. The van der Waals surface area contributed by atoms with E-state index in [4.69, 9.17) is 18.9 Å². The number of nitrogens with zero attached hydrogens (tertiary/aromatic N) is 3. The van der Waals surface area contributed by atoms with Crippen LogP contribution < -0.4 is 29.7 Å². The lowest BCUT2D eigenvalue weighted by Crippen LogP contribution is -2.68. The van der Waals surface area contributed by atoms with Crippen LogP contribution in [0.15, 0.2) is 35.1 Å². The van der Waals surface area contributed by atoms with E-state index in [1.807, 2.05) is 14.0 Å². The Morgan fingerprint density at radius 1 is 0.922 bits per heavy atom. The Bertz CT molecular complexity index is 2190. The third-order valence-electron chi connectivity index (χ3n) is 11.1. The van der Waals surface area contributed by atoms with Crippen LogP contribution in [0.1, 0.15) is 56.0 Å². The van der Waals surface area contributed by atoms with Gasteiger partial charge in [-0.15, -0.1) is 0 Å². The Balaban J connectivity index is 1.42. The van der Waals surface area contributed by atoms with E-state index in [1.54, 1.807) is 45.4 Å². The van der Waals surface area contributed by atoms with E-state index < -0.39 is 30.1 Å². The van der Waals surface area contributed by atoms with Gasteiger partial charge >= 0.3 is 0 Å². The highest BCUT2D eigenvalue weighted by molar-refractivity contribution is 5.94. The molecule has 1 aromatic heterocycles. The number of amides is 1. The molecule has 7 rings (SSSR count). The summed E-state index contributed by atoms with van der Waals surface area (Å²) in [6, 6.07) is 8.06. The molecule has 5 atom stereocenters. The number of hydrogen-bond acceptors (Lipinski definition) is 11. The molecule has 3 aliphatic heterocycles. The minimum absolute atomic E-state index is 0.00749. The van der Waals surface area contributed by atoms with Gasteiger partial charge in [-0.3, -0.25) is 19.4 Å². The Morgan fingerprint density at radius 2 is 1.49 bits per heavy atom. The minimum Gasteiger partial charge on any atom is -0.504 e. The maximum absolute atomic E-state index is 13.8. The highest BCUT2D eigenvalue weighted by atomic mass is 16.5. The van der Waals surface area contributed by atoms with Crippen LogP contribution in [0.2, 0.25) is 0 Å². The third-order valence-corrected chi connectivity index (χ3v) is 11.1. The van der Waals surface area contributed by atoms with E-state index in [-0.39, 0.29) is 41.0 Å². The van der Waals surface area contributed by atoms with Crippen molar-refractivity contribution >= 4 is 16.8 Å². The first-order chi connectivity index (χ1) is 24.5. The number of phenolic OH excluding ortho intramolecular Hbond substituents is 2. The van der Waals surface area contributed by atoms with E-state index in [1.165, 1.54) is 20.3 Å². The molecule has 0 saturated carbocycles. The second-order valence-electron chi connectivity index (χ2n) is 13.4. The van der Waals surface area contributed by atoms with E-state index in [9.17, 15) is 25.1 Å². The summed E-state index contributed by atoms with van der Waals surface area (Å²) in [7, 11) is 8.06. The number of aromatic nitrogens is 1. The van der Waals surface area contributed by atoms with Crippen LogP contribution in [-0.4, -0.2) is 91.1 Å². The number of nitrogens with one attached hydrogen (secondary N) is 2. The van der Waals surface area contributed by atoms with Gasteiger partial charge in [-0.2, -0.15) is 5.26 Å². The van der Waals surface area contributed by atoms with Crippen LogP contribution in [0, 0.1) is 25.2 Å². The van der Waals surface area contributed by atoms with E-state index in [0.29, 0.717) is 68.8 Å². The number of phenols is 2. The molecular formula is C38H41N5O8. The quantitative estimate of drug-likeness (QED) is 0.222. The number of piperazine rings is 1. The fraction of sp³-hybridized carbons (Fsp3) is 0.395. The molecule has 3 aliphatic rings. The summed E-state index contributed by atoms with van der Waals surface area (Å²) in [5.41, 5.74) is 4.22. The lowest BCUT2D eigenvalue weighted by molar-refractivity contribution is -0.0724. The average molecular weight is 696 g/mol. The van der Waals surface area contributed by atoms with Crippen LogP contribution in [0.25, 0.3) is 10.9 Å². The van der Waals surface area contributed by atoms with Crippen molar-refractivity contribution in [3.05, 3.63) is 79.6 Å². The standard InChI is InChI=1S/C38H41N5O8/c1-17-34(48-4)20-13-25-31-30-21(35(49-5)18(2)37(51-7)33(30)46)12-24(42(31)3)26(15-39)43(25)27(29(20)32(45)36(17)50-6)16-40-38(47)23-14-28(44)19-10-8-9-11-22(19)41-23/h8-11,14,24-27,31,45-46H,12-13,16H2,1-7H3,(H,40,47)(H,41,44)/t24-,25-,26-,27-,31-/m0/s1. The molecule has 0 spiro atoms. The first kappa shape index (κ1) is 34.0. The van der Waals surface area contributed by atoms with Gasteiger partial charge in [-0.05, 0) is 45.9 Å². The van der Waals surface area contributed by atoms with Crippen molar-refractivity contribution in [2.45, 2.75) is 56.9 Å². The van der Waals surface area contributed by atoms with Gasteiger partial charge in [0.15, 0.2) is 28.4 Å². The number of likely N-dealkylation sites (N-methyl/N-ethyl adjacent to an activating group) is 1. The number of para-hydroxylation sites is 1. The van der Waals surface area contributed by atoms with Crippen LogP contribution in [0.3, 0.4) is 0 Å². The molecule has 4 heterocycles. The number of H-pyrrole nitrogens is 1. The number of hydrogen-bond donors (Lipinski definition) is 4. The maximum Gasteiger partial charge on any atom is 0.267 e. The molecule has 266 valence electrons. The molecule has 4 aromatic rings. The molecular weight excluding hydrogens is 654 g/mol. The number of nitriles is 1. The smallest absolute Gasteiger partial charge is 0.267 e. The summed E-state index contributed by atoms with van der Waals surface area (Å²) in [6.07, 6.45) is 0.721. The topological polar surface area (TPSA) is 170 Å². The van der Waals surface area contributed by atoms with E-state index in [0.717, 1.165) is 5.56 Å². The fourth-order valence-corrected chi connectivity index (χ4v) is 9.02. The summed E-state index contributed by atoms with van der Waals surface area (Å²) in [5, 5.41) is 38.1. The van der Waals surface area contributed by atoms with Crippen molar-refractivity contribution in [3.63, 3.8) is 0 Å². The first-order valence-electron chi connectivity index (χ1n) is 16.7. The predicted octanol–water partition coefficient (Wildman–Crippen LogP) is 3.79. The van der Waals surface area contributed by atoms with Crippen LogP contribution >= 0.6 is 0 Å². The highest BCUT2D eigenvalue weighted by Gasteiger charge is 2.57. The molecule has 13 heteroatoms. The van der Waals surface area contributed by atoms with E-state index in [2.05, 4.69) is 26.2 Å². The Labute approximate surface area is 294 Å². The van der Waals surface area contributed by atoms with Gasteiger partial charge in [-0.25, -0.2) is 0 Å². The number of aromatic hydroxyl groups is 2. The second-order valence-corrected chi connectivity index (χ2v) is 13.4. The average Bonchev–Trinajstić information content (AvgIpc) is 3.11. The zero-order chi connectivity index (χ0) is 36.5. The molecule has 2 bridgehead atoms. The lowest BCUT2D eigenvalue weighted by Gasteiger charge is -2.60. The Hall–Kier alpha value is -5.45. The molecule has 4 N–H and O–H groups in total. The number of methoxy groups -OCH3 is 4. The van der Waals surface area contributed by atoms with Crippen LogP contribution in [0.5, 0.6) is 34.5 Å². The Kier molecular flexibility index (Phi) is 8.47. The summed E-state index contributed by atoms with van der Waals surface area (Å²) < 4.78 is 23.3. The van der Waals surface area contributed by atoms with Gasteiger partial charge in [0.05, 0.1) is 46.6 Å². The monoisotopic (exact) mass is 695 g/mol. The maximum atomic E-state index is 13.8. The minimum atomic E-state index is -0.750. The number of pyridine rings is 1. The number of aromatic amines is 1. The van der Waals surface area contributed by atoms with Crippen molar-refractivity contribution in [1.82, 2.24) is 20.1 Å². The molecule has 13 nitrogen and oxygen atoms in total. The molecule has 1 saturated heterocycles. The molecule has 0 radical (unpaired) electrons. The number of ether oxygens (including phenoxy) is 4. The summed E-state index contributed by atoms with van der Waals surface area (Å²) in [6.45, 7) is 3.60. The first-order valence-corrected chi connectivity index (χ1v) is 16.7. The number of rotatable bonds is 7. The number of carbonyl (C=O) groups excluding carboxylic acids is 1. The number of carbonyl (C=O) groups is 1. The van der Waals surface area contributed by atoms with Crippen molar-refractivity contribution < 1.29 is 34.0 Å². The SMILES string of the molecule is COc1c(C)c(OC)c2c(c1O)[C@@H]1[C@@H]3Cc4c(OC)c(C)c(OC)c(O)c4[C@H](CNC(=O)c4cc(=O)c5ccccc5[nH]4)N3[C@@H](C#N)[C@H](C2)N1C. The van der Waals surface area contributed by atoms with Crippen molar-refractivity contribution in [1.29, 1.82) is 5.26 Å². The Morgan fingerprint density at radius 3 is 2.10 bits per heavy atom.